The maximum Gasteiger partial charge on any atom is 0.387 e. The average Bonchev–Trinajstić information content (AvgIpc) is 2.77. The molecule has 3 N–H and O–H groups in total. The lowest BCUT2D eigenvalue weighted by Crippen LogP contribution is -2.63. The number of benzene rings is 1. The second-order valence-electron chi connectivity index (χ2n) is 10.3. The van der Waals surface area contributed by atoms with Crippen LogP contribution in [0.5, 0.6) is 5.75 Å². The lowest BCUT2D eigenvalue weighted by Gasteiger charge is -2.59. The van der Waals surface area contributed by atoms with Crippen LogP contribution in [0.15, 0.2) is 24.3 Å². The number of rotatable bonds is 7. The Morgan fingerprint density at radius 3 is 2.52 bits per heavy atom. The monoisotopic (exact) mass is 463 g/mol. The summed E-state index contributed by atoms with van der Waals surface area (Å²) >= 11 is 0. The van der Waals surface area contributed by atoms with Gasteiger partial charge in [0.25, 0.3) is 5.91 Å². The van der Waals surface area contributed by atoms with Crippen molar-refractivity contribution in [2.45, 2.75) is 57.4 Å². The Bertz CT molecular complexity index is 880. The second-order valence-corrected chi connectivity index (χ2v) is 10.3. The van der Waals surface area contributed by atoms with Crippen molar-refractivity contribution >= 4 is 11.8 Å². The van der Waals surface area contributed by atoms with Crippen molar-refractivity contribution in [1.82, 2.24) is 10.2 Å². The molecule has 4 saturated carbocycles. The lowest BCUT2D eigenvalue weighted by molar-refractivity contribution is -0.151. The molecule has 7 nitrogen and oxygen atoms in total. The summed E-state index contributed by atoms with van der Waals surface area (Å²) in [4.78, 5) is 27.4. The molecule has 2 amide bonds. The van der Waals surface area contributed by atoms with Crippen LogP contribution in [0.1, 0.15) is 37.7 Å². The highest BCUT2D eigenvalue weighted by atomic mass is 19.3. The largest absolute Gasteiger partial charge is 0.435 e. The van der Waals surface area contributed by atoms with Crippen LogP contribution in [0.4, 0.5) is 8.78 Å². The number of hydrogen-bond donors (Lipinski definition) is 2. The first kappa shape index (κ1) is 22.5. The van der Waals surface area contributed by atoms with Crippen LogP contribution in [-0.2, 0) is 20.9 Å². The molecular weight excluding hydrogens is 432 g/mol. The Labute approximate surface area is 192 Å². The number of nitrogens with zero attached hydrogens (tertiary/aromatic N) is 1. The van der Waals surface area contributed by atoms with Gasteiger partial charge in [0.05, 0.1) is 6.61 Å². The second kappa shape index (κ2) is 8.83. The van der Waals surface area contributed by atoms with E-state index in [1.807, 2.05) is 0 Å². The fraction of sp³-hybridized carbons (Fsp3) is 0.667. The van der Waals surface area contributed by atoms with Crippen LogP contribution in [0.3, 0.4) is 0 Å². The van der Waals surface area contributed by atoms with E-state index in [1.165, 1.54) is 12.1 Å². The number of morpholine rings is 1. The summed E-state index contributed by atoms with van der Waals surface area (Å²) in [5.74, 6) is 1.02. The molecule has 3 atom stereocenters. The maximum atomic E-state index is 13.1. The minimum absolute atomic E-state index is 0.0860. The first-order valence-corrected chi connectivity index (χ1v) is 11.8. The number of primary amides is 1. The van der Waals surface area contributed by atoms with Gasteiger partial charge in [-0.2, -0.15) is 8.78 Å². The Hall–Kier alpha value is -2.26. The summed E-state index contributed by atoms with van der Waals surface area (Å²) in [6.07, 6.45) is 4.03. The third-order valence-electron chi connectivity index (χ3n) is 8.10. The molecule has 9 heteroatoms. The van der Waals surface area contributed by atoms with Gasteiger partial charge in [-0.15, -0.1) is 0 Å². The van der Waals surface area contributed by atoms with Gasteiger partial charge in [0.2, 0.25) is 5.91 Å². The molecule has 2 unspecified atom stereocenters. The van der Waals surface area contributed by atoms with E-state index >= 15 is 0 Å². The van der Waals surface area contributed by atoms with Crippen LogP contribution < -0.4 is 15.8 Å². The molecule has 180 valence electrons. The average molecular weight is 464 g/mol. The molecule has 1 aromatic carbocycles. The molecule has 4 aliphatic carbocycles. The zero-order valence-electron chi connectivity index (χ0n) is 18.6. The van der Waals surface area contributed by atoms with Gasteiger partial charge in [-0.3, -0.25) is 14.5 Å². The van der Waals surface area contributed by atoms with E-state index in [0.717, 1.165) is 37.7 Å². The molecule has 1 aliphatic heterocycles. The van der Waals surface area contributed by atoms with E-state index in [2.05, 4.69) is 15.0 Å². The topological polar surface area (TPSA) is 93.9 Å². The lowest BCUT2D eigenvalue weighted by atomic mass is 9.47. The number of nitrogens with one attached hydrogen (secondary N) is 1. The molecule has 0 spiro atoms. The number of amides is 2. The third kappa shape index (κ3) is 4.57. The highest BCUT2D eigenvalue weighted by Gasteiger charge is 2.58. The van der Waals surface area contributed by atoms with Gasteiger partial charge in [-0.25, -0.2) is 0 Å². The maximum absolute atomic E-state index is 13.1. The predicted octanol–water partition coefficient (Wildman–Crippen LogP) is 2.29. The van der Waals surface area contributed by atoms with Gasteiger partial charge in [-0.05, 0) is 67.6 Å². The Balaban J connectivity index is 1.17. The van der Waals surface area contributed by atoms with Gasteiger partial charge < -0.3 is 20.5 Å². The Morgan fingerprint density at radius 2 is 1.88 bits per heavy atom. The van der Waals surface area contributed by atoms with Crippen LogP contribution in [0.2, 0.25) is 0 Å². The van der Waals surface area contributed by atoms with Crippen LogP contribution in [-0.4, -0.2) is 55.2 Å². The predicted molar refractivity (Wildman–Crippen MR) is 115 cm³/mol. The molecule has 0 aromatic heterocycles. The fourth-order valence-electron chi connectivity index (χ4n) is 6.86. The Kier molecular flexibility index (Phi) is 6.03. The first-order chi connectivity index (χ1) is 15.8. The standard InChI is InChI=1S/C24H31F2N3O4/c25-23(26)33-18-3-1-14(2-4-18)12-29-5-6-32-19(13-29)21(30)28-20-16-7-15-8-17(20)11-24(9-15,10-16)22(27)31/h1-4,15-17,19-20,23H,5-13H2,(H2,27,31)(H,28,30)/t15?,16?,17?,19-,20?,24?/m1/s1. The minimum atomic E-state index is -2.84. The zero-order chi connectivity index (χ0) is 23.2. The fourth-order valence-corrected chi connectivity index (χ4v) is 6.86. The molecule has 5 fully saturated rings. The van der Waals surface area contributed by atoms with E-state index in [1.54, 1.807) is 12.1 Å². The van der Waals surface area contributed by atoms with Crippen molar-refractivity contribution in [2.75, 3.05) is 19.7 Å². The van der Waals surface area contributed by atoms with Crippen LogP contribution >= 0.6 is 0 Å². The molecular formula is C24H31F2N3O4. The number of halogens is 2. The smallest absolute Gasteiger partial charge is 0.387 e. The van der Waals surface area contributed by atoms with Crippen molar-refractivity contribution in [3.05, 3.63) is 29.8 Å². The molecule has 1 saturated heterocycles. The summed E-state index contributed by atoms with van der Waals surface area (Å²) in [7, 11) is 0. The van der Waals surface area contributed by atoms with Gasteiger partial charge >= 0.3 is 6.61 Å². The number of hydrogen-bond acceptors (Lipinski definition) is 5. The SMILES string of the molecule is NC(=O)C12CC3CC(C1)C(NC(=O)[C@H]1CN(Cc4ccc(OC(F)F)cc4)CCO1)C(C3)C2. The normalized spacial score (nSPS) is 35.5. The Morgan fingerprint density at radius 1 is 1.18 bits per heavy atom. The van der Waals surface area contributed by atoms with Crippen LogP contribution in [0, 0.1) is 23.2 Å². The van der Waals surface area contributed by atoms with E-state index in [0.29, 0.717) is 44.0 Å². The highest BCUT2D eigenvalue weighted by molar-refractivity contribution is 5.83. The van der Waals surface area contributed by atoms with Gasteiger partial charge in [-0.1, -0.05) is 12.1 Å². The number of carbonyl (C=O) groups excluding carboxylic acids is 2. The summed E-state index contributed by atoms with van der Waals surface area (Å²) in [6.45, 7) is -0.632. The summed E-state index contributed by atoms with van der Waals surface area (Å²) in [6, 6.07) is 6.65. The quantitative estimate of drug-likeness (QED) is 0.647. The van der Waals surface area contributed by atoms with E-state index in [-0.39, 0.29) is 29.0 Å². The molecule has 33 heavy (non-hydrogen) atoms. The number of nitrogens with two attached hydrogens (primary N) is 1. The molecule has 0 radical (unpaired) electrons. The van der Waals surface area contributed by atoms with Crippen molar-refractivity contribution in [3.8, 4) is 5.75 Å². The van der Waals surface area contributed by atoms with Gasteiger partial charge in [0.15, 0.2) is 0 Å². The molecule has 1 aromatic rings. The summed E-state index contributed by atoms with van der Waals surface area (Å²) in [5, 5.41) is 3.27. The molecule has 5 aliphatic rings. The van der Waals surface area contributed by atoms with Crippen LogP contribution in [0.25, 0.3) is 0 Å². The van der Waals surface area contributed by atoms with Gasteiger partial charge in [0, 0.05) is 31.1 Å². The van der Waals surface area contributed by atoms with E-state index in [4.69, 9.17) is 10.5 Å². The number of carbonyl (C=O) groups is 2. The van der Waals surface area contributed by atoms with E-state index in [9.17, 15) is 18.4 Å². The number of ether oxygens (including phenoxy) is 2. The minimum Gasteiger partial charge on any atom is -0.435 e. The van der Waals surface area contributed by atoms with Crippen molar-refractivity contribution in [2.24, 2.45) is 28.9 Å². The van der Waals surface area contributed by atoms with Gasteiger partial charge in [0.1, 0.15) is 11.9 Å². The summed E-state index contributed by atoms with van der Waals surface area (Å²) in [5.41, 5.74) is 6.36. The summed E-state index contributed by atoms with van der Waals surface area (Å²) < 4.78 is 34.8. The highest BCUT2D eigenvalue weighted by Crippen LogP contribution is 2.59. The third-order valence-corrected chi connectivity index (χ3v) is 8.10. The van der Waals surface area contributed by atoms with Crippen molar-refractivity contribution in [1.29, 1.82) is 0 Å². The van der Waals surface area contributed by atoms with Crippen molar-refractivity contribution in [3.63, 3.8) is 0 Å². The number of alkyl halides is 2. The molecule has 6 rings (SSSR count). The van der Waals surface area contributed by atoms with Crippen molar-refractivity contribution < 1.29 is 27.8 Å². The first-order valence-electron chi connectivity index (χ1n) is 11.8. The zero-order valence-corrected chi connectivity index (χ0v) is 18.6. The van der Waals surface area contributed by atoms with E-state index < -0.39 is 12.7 Å². The molecule has 1 heterocycles. The molecule has 4 bridgehead atoms.